The topological polar surface area (TPSA) is 58.6 Å². The van der Waals surface area contributed by atoms with E-state index in [1.54, 1.807) is 6.92 Å². The van der Waals surface area contributed by atoms with E-state index < -0.39 is 5.60 Å². The van der Waals surface area contributed by atoms with E-state index in [4.69, 9.17) is 4.74 Å². The molecule has 1 amide bonds. The first-order valence-corrected chi connectivity index (χ1v) is 7.11. The predicted octanol–water partition coefficient (Wildman–Crippen LogP) is 2.43. The molecule has 1 unspecified atom stereocenters. The van der Waals surface area contributed by atoms with Gasteiger partial charge < -0.3 is 15.2 Å². The fourth-order valence-corrected chi connectivity index (χ4v) is 1.97. The summed E-state index contributed by atoms with van der Waals surface area (Å²) in [5.74, 6) is 0.671. The minimum absolute atomic E-state index is 0.103. The average Bonchev–Trinajstić information content (AvgIpc) is 2.37. The Bertz CT molecular complexity index is 429. The quantitative estimate of drug-likeness (QED) is 0.768. The van der Waals surface area contributed by atoms with Gasteiger partial charge in [-0.3, -0.25) is 4.79 Å². The Morgan fingerprint density at radius 3 is 2.85 bits per heavy atom. The van der Waals surface area contributed by atoms with Gasteiger partial charge in [-0.25, -0.2) is 0 Å². The molecule has 2 N–H and O–H groups in total. The van der Waals surface area contributed by atoms with Gasteiger partial charge in [0.15, 0.2) is 0 Å². The Balaban J connectivity index is 2.23. The van der Waals surface area contributed by atoms with E-state index in [0.29, 0.717) is 13.0 Å². The summed E-state index contributed by atoms with van der Waals surface area (Å²) in [5, 5.41) is 12.7. The van der Waals surface area contributed by atoms with Crippen molar-refractivity contribution in [1.82, 2.24) is 5.32 Å². The van der Waals surface area contributed by atoms with E-state index in [1.807, 2.05) is 38.1 Å². The number of hydrogen-bond acceptors (Lipinski definition) is 3. The first kappa shape index (κ1) is 16.5. The molecule has 0 saturated heterocycles. The fourth-order valence-electron chi connectivity index (χ4n) is 1.97. The predicted molar refractivity (Wildman–Crippen MR) is 79.8 cm³/mol. The summed E-state index contributed by atoms with van der Waals surface area (Å²) in [7, 11) is 0. The zero-order valence-electron chi connectivity index (χ0n) is 12.6. The number of carbonyl (C=O) groups excluding carboxylic acids is 1. The maximum absolute atomic E-state index is 11.6. The normalized spacial score (nSPS) is 13.6. The van der Waals surface area contributed by atoms with E-state index in [0.717, 1.165) is 17.7 Å². The van der Waals surface area contributed by atoms with Crippen LogP contribution in [-0.2, 0) is 4.79 Å². The Morgan fingerprint density at radius 2 is 2.20 bits per heavy atom. The summed E-state index contributed by atoms with van der Waals surface area (Å²) in [6.07, 6.45) is 1.85. The van der Waals surface area contributed by atoms with Gasteiger partial charge in [0.05, 0.1) is 18.6 Å². The standard InChI is InChI=1S/C16H25NO3/c1-4-9-16(3,19)12-17-15(18)8-10-20-14-7-5-6-13(2)11-14/h5-7,11,19H,4,8-10,12H2,1-3H3,(H,17,18). The molecule has 0 radical (unpaired) electrons. The zero-order valence-corrected chi connectivity index (χ0v) is 12.6. The largest absolute Gasteiger partial charge is 0.493 e. The number of rotatable bonds is 8. The second kappa shape index (κ2) is 7.90. The van der Waals surface area contributed by atoms with Crippen LogP contribution < -0.4 is 10.1 Å². The number of hydrogen-bond donors (Lipinski definition) is 2. The molecule has 1 aromatic carbocycles. The fraction of sp³-hybridized carbons (Fsp3) is 0.562. The number of amides is 1. The highest BCUT2D eigenvalue weighted by Crippen LogP contribution is 2.12. The van der Waals surface area contributed by atoms with Crippen molar-refractivity contribution in [2.24, 2.45) is 0 Å². The van der Waals surface area contributed by atoms with Crippen LogP contribution in [0.5, 0.6) is 5.75 Å². The van der Waals surface area contributed by atoms with Crippen molar-refractivity contribution in [1.29, 1.82) is 0 Å². The van der Waals surface area contributed by atoms with E-state index in [9.17, 15) is 9.90 Å². The molecule has 0 aliphatic carbocycles. The SMILES string of the molecule is CCCC(C)(O)CNC(=O)CCOc1cccc(C)c1. The van der Waals surface area contributed by atoms with Crippen molar-refractivity contribution in [2.45, 2.75) is 45.6 Å². The third-order valence-electron chi connectivity index (χ3n) is 3.04. The molecule has 0 spiro atoms. The van der Waals surface area contributed by atoms with Crippen LogP contribution in [0.15, 0.2) is 24.3 Å². The van der Waals surface area contributed by atoms with Gasteiger partial charge in [0.25, 0.3) is 0 Å². The first-order chi connectivity index (χ1) is 9.43. The molecular weight excluding hydrogens is 254 g/mol. The van der Waals surface area contributed by atoms with Crippen LogP contribution in [0.25, 0.3) is 0 Å². The highest BCUT2D eigenvalue weighted by Gasteiger charge is 2.19. The van der Waals surface area contributed by atoms with Crippen molar-refractivity contribution in [3.8, 4) is 5.75 Å². The Hall–Kier alpha value is -1.55. The number of aryl methyl sites for hydroxylation is 1. The lowest BCUT2D eigenvalue weighted by atomic mass is 10.0. The molecule has 0 aliphatic rings. The van der Waals surface area contributed by atoms with Crippen molar-refractivity contribution < 1.29 is 14.6 Å². The van der Waals surface area contributed by atoms with Gasteiger partial charge >= 0.3 is 0 Å². The van der Waals surface area contributed by atoms with E-state index >= 15 is 0 Å². The van der Waals surface area contributed by atoms with Crippen LogP contribution in [0.4, 0.5) is 0 Å². The van der Waals surface area contributed by atoms with Crippen LogP contribution in [0.2, 0.25) is 0 Å². The van der Waals surface area contributed by atoms with Gasteiger partial charge in [0.2, 0.25) is 5.91 Å². The molecule has 0 aliphatic heterocycles. The monoisotopic (exact) mass is 279 g/mol. The van der Waals surface area contributed by atoms with Crippen LogP contribution in [0, 0.1) is 6.92 Å². The minimum atomic E-state index is -0.832. The summed E-state index contributed by atoms with van der Waals surface area (Å²) >= 11 is 0. The molecule has 0 saturated carbocycles. The molecule has 4 nitrogen and oxygen atoms in total. The molecule has 0 fully saturated rings. The Kier molecular flexibility index (Phi) is 6.52. The summed E-state index contributed by atoms with van der Waals surface area (Å²) < 4.78 is 5.51. The average molecular weight is 279 g/mol. The van der Waals surface area contributed by atoms with E-state index in [2.05, 4.69) is 5.32 Å². The van der Waals surface area contributed by atoms with Crippen LogP contribution in [0.1, 0.15) is 38.7 Å². The lowest BCUT2D eigenvalue weighted by Gasteiger charge is -2.22. The molecule has 0 heterocycles. The summed E-state index contributed by atoms with van der Waals surface area (Å²) in [5.41, 5.74) is 0.296. The second-order valence-electron chi connectivity index (χ2n) is 5.44. The van der Waals surface area contributed by atoms with Crippen LogP contribution in [0.3, 0.4) is 0 Å². The summed E-state index contributed by atoms with van der Waals surface area (Å²) in [6, 6.07) is 7.73. The van der Waals surface area contributed by atoms with Gasteiger partial charge in [-0.2, -0.15) is 0 Å². The number of carbonyl (C=O) groups is 1. The Labute approximate surface area is 121 Å². The molecule has 0 aromatic heterocycles. The van der Waals surface area contributed by atoms with Crippen molar-refractivity contribution >= 4 is 5.91 Å². The van der Waals surface area contributed by atoms with Crippen molar-refractivity contribution in [3.63, 3.8) is 0 Å². The van der Waals surface area contributed by atoms with Gasteiger partial charge in [-0.05, 0) is 38.0 Å². The summed E-state index contributed by atoms with van der Waals surface area (Å²) in [4.78, 5) is 11.6. The molecule has 1 atom stereocenters. The lowest BCUT2D eigenvalue weighted by Crippen LogP contribution is -2.40. The molecule has 20 heavy (non-hydrogen) atoms. The smallest absolute Gasteiger partial charge is 0.223 e. The van der Waals surface area contributed by atoms with Crippen LogP contribution in [-0.4, -0.2) is 29.8 Å². The third-order valence-corrected chi connectivity index (χ3v) is 3.04. The summed E-state index contributed by atoms with van der Waals surface area (Å²) in [6.45, 7) is 6.36. The number of ether oxygens (including phenoxy) is 1. The number of aliphatic hydroxyl groups is 1. The number of benzene rings is 1. The molecule has 1 rings (SSSR count). The zero-order chi connectivity index (χ0) is 15.0. The molecular formula is C16H25NO3. The van der Waals surface area contributed by atoms with Crippen molar-refractivity contribution in [3.05, 3.63) is 29.8 Å². The van der Waals surface area contributed by atoms with E-state index in [-0.39, 0.29) is 18.9 Å². The van der Waals surface area contributed by atoms with Gasteiger partial charge in [-0.15, -0.1) is 0 Å². The highest BCUT2D eigenvalue weighted by atomic mass is 16.5. The molecule has 1 aromatic rings. The van der Waals surface area contributed by atoms with E-state index in [1.165, 1.54) is 0 Å². The Morgan fingerprint density at radius 1 is 1.45 bits per heavy atom. The maximum atomic E-state index is 11.6. The lowest BCUT2D eigenvalue weighted by molar-refractivity contribution is -0.122. The second-order valence-corrected chi connectivity index (χ2v) is 5.44. The first-order valence-electron chi connectivity index (χ1n) is 7.11. The molecule has 4 heteroatoms. The number of nitrogens with one attached hydrogen (secondary N) is 1. The highest BCUT2D eigenvalue weighted by molar-refractivity contribution is 5.76. The van der Waals surface area contributed by atoms with Crippen molar-refractivity contribution in [2.75, 3.05) is 13.2 Å². The molecule has 112 valence electrons. The third kappa shape index (κ3) is 6.57. The maximum Gasteiger partial charge on any atom is 0.223 e. The molecule has 0 bridgehead atoms. The van der Waals surface area contributed by atoms with Crippen LogP contribution >= 0.6 is 0 Å². The van der Waals surface area contributed by atoms with Gasteiger partial charge in [0.1, 0.15) is 5.75 Å². The van der Waals surface area contributed by atoms with Gasteiger partial charge in [0, 0.05) is 6.54 Å². The van der Waals surface area contributed by atoms with Gasteiger partial charge in [-0.1, -0.05) is 25.5 Å². The minimum Gasteiger partial charge on any atom is -0.493 e.